The van der Waals surface area contributed by atoms with Gasteiger partial charge in [-0.25, -0.2) is 0 Å². The Bertz CT molecular complexity index is 220. The minimum atomic E-state index is 0.949. The van der Waals surface area contributed by atoms with Gasteiger partial charge in [-0.3, -0.25) is 0 Å². The van der Waals surface area contributed by atoms with Crippen molar-refractivity contribution in [2.75, 3.05) is 0 Å². The Hall–Kier alpha value is 0. The van der Waals surface area contributed by atoms with Crippen LogP contribution in [0.3, 0.4) is 0 Å². The van der Waals surface area contributed by atoms with E-state index in [2.05, 4.69) is 34.6 Å². The number of rotatable bonds is 0. The Morgan fingerprint density at radius 2 is 1.00 bits per heavy atom. The third kappa shape index (κ3) is 1.97. The molecule has 15 heavy (non-hydrogen) atoms. The van der Waals surface area contributed by atoms with E-state index >= 15 is 0 Å². The van der Waals surface area contributed by atoms with Crippen molar-refractivity contribution < 1.29 is 0 Å². The zero-order valence-corrected chi connectivity index (χ0v) is 11.2. The van der Waals surface area contributed by atoms with Crippen molar-refractivity contribution in [3.8, 4) is 0 Å². The minimum absolute atomic E-state index is 0.949. The standard InChI is InChI=1S/C15H28/c1-9-6-12(4)15-13(5)7-11(3)14(15)8-10(9)2/h9-15H,6-8H2,1-5H3. The highest BCUT2D eigenvalue weighted by Crippen LogP contribution is 2.52. The first-order chi connectivity index (χ1) is 7.00. The molecule has 0 aromatic rings. The maximum absolute atomic E-state index is 2.51. The van der Waals surface area contributed by atoms with Gasteiger partial charge in [0.1, 0.15) is 0 Å². The fraction of sp³-hybridized carbons (Fsp3) is 1.00. The van der Waals surface area contributed by atoms with E-state index in [-0.39, 0.29) is 0 Å². The van der Waals surface area contributed by atoms with Crippen LogP contribution in [0.15, 0.2) is 0 Å². The quantitative estimate of drug-likeness (QED) is 0.546. The van der Waals surface area contributed by atoms with Crippen LogP contribution in [0.1, 0.15) is 53.9 Å². The fourth-order valence-corrected chi connectivity index (χ4v) is 4.73. The molecule has 0 amide bonds. The van der Waals surface area contributed by atoms with Crippen molar-refractivity contribution in [3.05, 3.63) is 0 Å². The second-order valence-corrected chi connectivity index (χ2v) is 6.83. The molecule has 0 N–H and O–H groups in total. The molecule has 0 aromatic carbocycles. The van der Waals surface area contributed by atoms with Gasteiger partial charge in [-0.15, -0.1) is 0 Å². The van der Waals surface area contributed by atoms with Gasteiger partial charge in [-0.1, -0.05) is 34.6 Å². The summed E-state index contributed by atoms with van der Waals surface area (Å²) in [5.74, 6) is 6.91. The lowest BCUT2D eigenvalue weighted by Crippen LogP contribution is -2.21. The van der Waals surface area contributed by atoms with E-state index in [4.69, 9.17) is 0 Å². The third-order valence-corrected chi connectivity index (χ3v) is 5.64. The van der Waals surface area contributed by atoms with E-state index in [0.717, 1.165) is 41.4 Å². The molecule has 7 atom stereocenters. The minimum Gasteiger partial charge on any atom is -0.0622 e. The molecule has 0 aromatic heterocycles. The van der Waals surface area contributed by atoms with E-state index < -0.39 is 0 Å². The van der Waals surface area contributed by atoms with Crippen LogP contribution in [-0.4, -0.2) is 0 Å². The molecule has 2 aliphatic carbocycles. The van der Waals surface area contributed by atoms with Gasteiger partial charge in [0.05, 0.1) is 0 Å². The average Bonchev–Trinajstić information content (AvgIpc) is 2.34. The van der Waals surface area contributed by atoms with Crippen molar-refractivity contribution in [1.29, 1.82) is 0 Å². The zero-order chi connectivity index (χ0) is 11.2. The summed E-state index contributed by atoms with van der Waals surface area (Å²) in [6.07, 6.45) is 4.46. The maximum Gasteiger partial charge on any atom is -0.0331 e. The molecule has 2 rings (SSSR count). The summed E-state index contributed by atoms with van der Waals surface area (Å²) in [6, 6.07) is 0. The molecule has 0 heteroatoms. The van der Waals surface area contributed by atoms with Crippen LogP contribution in [0, 0.1) is 41.4 Å². The van der Waals surface area contributed by atoms with Crippen LogP contribution in [-0.2, 0) is 0 Å². The molecule has 0 spiro atoms. The summed E-state index contributed by atoms with van der Waals surface area (Å²) >= 11 is 0. The van der Waals surface area contributed by atoms with Crippen LogP contribution < -0.4 is 0 Å². The van der Waals surface area contributed by atoms with Crippen molar-refractivity contribution in [1.82, 2.24) is 0 Å². The Morgan fingerprint density at radius 1 is 0.533 bits per heavy atom. The number of fused-ring (bicyclic) bond motifs is 1. The largest absolute Gasteiger partial charge is 0.0622 e. The molecule has 2 fully saturated rings. The van der Waals surface area contributed by atoms with Crippen LogP contribution in [0.2, 0.25) is 0 Å². The van der Waals surface area contributed by atoms with Crippen LogP contribution in [0.5, 0.6) is 0 Å². The molecule has 7 unspecified atom stereocenters. The van der Waals surface area contributed by atoms with Gasteiger partial charge in [-0.2, -0.15) is 0 Å². The average molecular weight is 208 g/mol. The van der Waals surface area contributed by atoms with Crippen LogP contribution >= 0.6 is 0 Å². The van der Waals surface area contributed by atoms with Gasteiger partial charge in [0.2, 0.25) is 0 Å². The van der Waals surface area contributed by atoms with Crippen molar-refractivity contribution in [2.24, 2.45) is 41.4 Å². The van der Waals surface area contributed by atoms with Gasteiger partial charge in [-0.05, 0) is 60.7 Å². The highest BCUT2D eigenvalue weighted by Gasteiger charge is 2.44. The summed E-state index contributed by atoms with van der Waals surface area (Å²) in [5.41, 5.74) is 0. The summed E-state index contributed by atoms with van der Waals surface area (Å²) in [6.45, 7) is 12.5. The molecular weight excluding hydrogens is 180 g/mol. The Morgan fingerprint density at radius 3 is 1.60 bits per heavy atom. The van der Waals surface area contributed by atoms with Crippen molar-refractivity contribution in [2.45, 2.75) is 53.9 Å². The first-order valence-corrected chi connectivity index (χ1v) is 7.00. The second-order valence-electron chi connectivity index (χ2n) is 6.83. The van der Waals surface area contributed by atoms with Gasteiger partial charge in [0.25, 0.3) is 0 Å². The molecule has 88 valence electrons. The maximum atomic E-state index is 2.51. The summed E-state index contributed by atoms with van der Waals surface area (Å²) < 4.78 is 0. The molecule has 0 heterocycles. The van der Waals surface area contributed by atoms with E-state index in [1.54, 1.807) is 0 Å². The lowest BCUT2D eigenvalue weighted by atomic mass is 9.78. The SMILES string of the molecule is CC1CC(C)C2C(C)CC(C)C2CC1C. The molecule has 0 radical (unpaired) electrons. The zero-order valence-electron chi connectivity index (χ0n) is 11.2. The Kier molecular flexibility index (Phi) is 3.14. The molecule has 0 saturated heterocycles. The highest BCUT2D eigenvalue weighted by atomic mass is 14.5. The Balaban J connectivity index is 2.19. The van der Waals surface area contributed by atoms with Gasteiger partial charge in [0, 0.05) is 0 Å². The smallest absolute Gasteiger partial charge is 0.0331 e. The molecule has 0 bridgehead atoms. The second kappa shape index (κ2) is 4.11. The molecule has 0 aliphatic heterocycles. The van der Waals surface area contributed by atoms with Crippen LogP contribution in [0.4, 0.5) is 0 Å². The molecule has 0 nitrogen and oxygen atoms in total. The summed E-state index contributed by atoms with van der Waals surface area (Å²) in [5, 5.41) is 0. The molecule has 2 aliphatic rings. The first-order valence-electron chi connectivity index (χ1n) is 7.00. The lowest BCUT2D eigenvalue weighted by Gasteiger charge is -2.27. The Labute approximate surface area is 95.8 Å². The number of hydrogen-bond acceptors (Lipinski definition) is 0. The van der Waals surface area contributed by atoms with Gasteiger partial charge >= 0.3 is 0 Å². The van der Waals surface area contributed by atoms with E-state index in [1.807, 2.05) is 0 Å². The predicted molar refractivity (Wildman–Crippen MR) is 66.7 cm³/mol. The van der Waals surface area contributed by atoms with E-state index in [1.165, 1.54) is 19.3 Å². The lowest BCUT2D eigenvalue weighted by molar-refractivity contribution is 0.210. The van der Waals surface area contributed by atoms with Crippen molar-refractivity contribution >= 4 is 0 Å². The number of hydrogen-bond donors (Lipinski definition) is 0. The van der Waals surface area contributed by atoms with E-state index in [9.17, 15) is 0 Å². The summed E-state index contributed by atoms with van der Waals surface area (Å²) in [4.78, 5) is 0. The van der Waals surface area contributed by atoms with Gasteiger partial charge < -0.3 is 0 Å². The predicted octanol–water partition coefficient (Wildman–Crippen LogP) is 4.60. The van der Waals surface area contributed by atoms with Gasteiger partial charge in [0.15, 0.2) is 0 Å². The normalized spacial score (nSPS) is 56.2. The highest BCUT2D eigenvalue weighted by molar-refractivity contribution is 4.93. The first kappa shape index (κ1) is 11.5. The summed E-state index contributed by atoms with van der Waals surface area (Å²) in [7, 11) is 0. The monoisotopic (exact) mass is 208 g/mol. The molecule has 2 saturated carbocycles. The van der Waals surface area contributed by atoms with E-state index in [0.29, 0.717) is 0 Å². The van der Waals surface area contributed by atoms with Crippen LogP contribution in [0.25, 0.3) is 0 Å². The van der Waals surface area contributed by atoms with Crippen molar-refractivity contribution in [3.63, 3.8) is 0 Å². The fourth-order valence-electron chi connectivity index (χ4n) is 4.73. The third-order valence-electron chi connectivity index (χ3n) is 5.64. The molecular formula is C15H28. The topological polar surface area (TPSA) is 0 Å².